The van der Waals surface area contributed by atoms with Crippen LogP contribution in [0.15, 0.2) is 12.3 Å². The third kappa shape index (κ3) is 1.50. The quantitative estimate of drug-likeness (QED) is 0.653. The van der Waals surface area contributed by atoms with E-state index in [0.717, 1.165) is 18.7 Å². The van der Waals surface area contributed by atoms with E-state index in [1.807, 2.05) is 0 Å². The van der Waals surface area contributed by atoms with Crippen molar-refractivity contribution in [3.63, 3.8) is 0 Å². The number of anilines is 1. The third-order valence-electron chi connectivity index (χ3n) is 2.52. The Balaban J connectivity index is 2.37. The molecule has 0 aliphatic carbocycles. The van der Waals surface area contributed by atoms with Crippen molar-refractivity contribution < 1.29 is 0 Å². The van der Waals surface area contributed by atoms with Gasteiger partial charge in [-0.2, -0.15) is 10.2 Å². The second-order valence-corrected chi connectivity index (χ2v) is 3.75. The van der Waals surface area contributed by atoms with Crippen molar-refractivity contribution in [1.29, 1.82) is 0 Å². The van der Waals surface area contributed by atoms with Crippen molar-refractivity contribution in [3.8, 4) is 0 Å². The Hall–Kier alpha value is -1.12. The topological polar surface area (TPSA) is 29.0 Å². The van der Waals surface area contributed by atoms with Crippen LogP contribution < -0.4 is 4.90 Å². The molecule has 0 saturated carbocycles. The fraction of sp³-hybridized carbons (Fsp3) is 0.600. The molecule has 0 saturated heterocycles. The standard InChI is InChI=1S/C10H15N3/c1-8(2)13-7-3-4-9-10(13)5-6-11-12-9/h5-6,8H,3-4,7H2,1-2H3. The molecule has 0 bridgehead atoms. The largest absolute Gasteiger partial charge is 0.368 e. The van der Waals surface area contributed by atoms with Gasteiger partial charge in [-0.15, -0.1) is 0 Å². The first-order valence-corrected chi connectivity index (χ1v) is 4.86. The summed E-state index contributed by atoms with van der Waals surface area (Å²) >= 11 is 0. The Labute approximate surface area is 78.8 Å². The van der Waals surface area contributed by atoms with E-state index in [0.29, 0.717) is 6.04 Å². The maximum absolute atomic E-state index is 4.16. The molecule has 70 valence electrons. The summed E-state index contributed by atoms with van der Waals surface area (Å²) in [6, 6.07) is 2.63. The number of hydrogen-bond donors (Lipinski definition) is 0. The van der Waals surface area contributed by atoms with Crippen LogP contribution in [-0.4, -0.2) is 22.8 Å². The lowest BCUT2D eigenvalue weighted by atomic mass is 10.1. The Kier molecular flexibility index (Phi) is 2.17. The lowest BCUT2D eigenvalue weighted by molar-refractivity contribution is 0.611. The van der Waals surface area contributed by atoms with Crippen molar-refractivity contribution in [2.75, 3.05) is 11.4 Å². The Morgan fingerprint density at radius 3 is 3.08 bits per heavy atom. The Morgan fingerprint density at radius 1 is 1.46 bits per heavy atom. The molecule has 0 spiro atoms. The predicted octanol–water partition coefficient (Wildman–Crippen LogP) is 1.64. The molecule has 3 nitrogen and oxygen atoms in total. The third-order valence-corrected chi connectivity index (χ3v) is 2.52. The van der Waals surface area contributed by atoms with Gasteiger partial charge in [0.1, 0.15) is 0 Å². The highest BCUT2D eigenvalue weighted by atomic mass is 15.2. The first-order chi connectivity index (χ1) is 6.29. The summed E-state index contributed by atoms with van der Waals surface area (Å²) in [4.78, 5) is 2.40. The first-order valence-electron chi connectivity index (χ1n) is 4.86. The molecule has 0 fully saturated rings. The number of aryl methyl sites for hydroxylation is 1. The van der Waals surface area contributed by atoms with E-state index >= 15 is 0 Å². The van der Waals surface area contributed by atoms with Crippen LogP contribution in [0.5, 0.6) is 0 Å². The average molecular weight is 177 g/mol. The van der Waals surface area contributed by atoms with Gasteiger partial charge in [-0.05, 0) is 32.8 Å². The molecule has 1 aliphatic rings. The van der Waals surface area contributed by atoms with Crippen LogP contribution in [0.4, 0.5) is 5.69 Å². The van der Waals surface area contributed by atoms with E-state index in [4.69, 9.17) is 0 Å². The molecule has 0 aromatic carbocycles. The zero-order valence-corrected chi connectivity index (χ0v) is 8.20. The van der Waals surface area contributed by atoms with Crippen LogP contribution in [0.3, 0.4) is 0 Å². The molecule has 0 unspecified atom stereocenters. The summed E-state index contributed by atoms with van der Waals surface area (Å²) < 4.78 is 0. The highest BCUT2D eigenvalue weighted by Gasteiger charge is 2.19. The van der Waals surface area contributed by atoms with Gasteiger partial charge in [-0.25, -0.2) is 0 Å². The van der Waals surface area contributed by atoms with Crippen LogP contribution >= 0.6 is 0 Å². The van der Waals surface area contributed by atoms with Crippen LogP contribution in [0, 0.1) is 0 Å². The molecule has 1 aromatic rings. The van der Waals surface area contributed by atoms with Crippen molar-refractivity contribution in [1.82, 2.24) is 10.2 Å². The highest BCUT2D eigenvalue weighted by Crippen LogP contribution is 2.25. The van der Waals surface area contributed by atoms with Crippen LogP contribution in [-0.2, 0) is 6.42 Å². The lowest BCUT2D eigenvalue weighted by Gasteiger charge is -2.33. The minimum atomic E-state index is 0.559. The summed E-state index contributed by atoms with van der Waals surface area (Å²) in [7, 11) is 0. The summed E-state index contributed by atoms with van der Waals surface area (Å²) in [5, 5.41) is 8.08. The van der Waals surface area contributed by atoms with Crippen LogP contribution in [0.2, 0.25) is 0 Å². The average Bonchev–Trinajstić information content (AvgIpc) is 2.17. The van der Waals surface area contributed by atoms with Gasteiger partial charge in [-0.1, -0.05) is 0 Å². The fourth-order valence-corrected chi connectivity index (χ4v) is 1.87. The van der Waals surface area contributed by atoms with Crippen LogP contribution in [0.25, 0.3) is 0 Å². The summed E-state index contributed by atoms with van der Waals surface area (Å²) in [5.74, 6) is 0. The number of fused-ring (bicyclic) bond motifs is 1. The maximum Gasteiger partial charge on any atom is 0.0864 e. The summed E-state index contributed by atoms with van der Waals surface area (Å²) in [6.45, 7) is 5.58. The fourth-order valence-electron chi connectivity index (χ4n) is 1.87. The van der Waals surface area contributed by atoms with E-state index < -0.39 is 0 Å². The number of aromatic nitrogens is 2. The second-order valence-electron chi connectivity index (χ2n) is 3.75. The molecule has 13 heavy (non-hydrogen) atoms. The molecule has 0 amide bonds. The number of hydrogen-bond acceptors (Lipinski definition) is 3. The SMILES string of the molecule is CC(C)N1CCCc2nnccc21. The van der Waals surface area contributed by atoms with Gasteiger partial charge in [-0.3, -0.25) is 0 Å². The van der Waals surface area contributed by atoms with Gasteiger partial charge in [0, 0.05) is 12.6 Å². The minimum absolute atomic E-state index is 0.559. The molecule has 1 aromatic heterocycles. The zero-order valence-electron chi connectivity index (χ0n) is 8.20. The smallest absolute Gasteiger partial charge is 0.0864 e. The molecule has 2 rings (SSSR count). The molecule has 1 aliphatic heterocycles. The minimum Gasteiger partial charge on any atom is -0.368 e. The Morgan fingerprint density at radius 2 is 2.31 bits per heavy atom. The highest BCUT2D eigenvalue weighted by molar-refractivity contribution is 5.52. The lowest BCUT2D eigenvalue weighted by Crippen LogP contribution is -2.35. The van der Waals surface area contributed by atoms with E-state index in [2.05, 4.69) is 35.0 Å². The molecular formula is C10H15N3. The monoisotopic (exact) mass is 177 g/mol. The molecule has 2 heterocycles. The van der Waals surface area contributed by atoms with E-state index in [9.17, 15) is 0 Å². The molecular weight excluding hydrogens is 162 g/mol. The van der Waals surface area contributed by atoms with Gasteiger partial charge in [0.05, 0.1) is 17.6 Å². The normalized spacial score (nSPS) is 16.1. The Bertz CT molecular complexity index is 296. The van der Waals surface area contributed by atoms with Crippen molar-refractivity contribution in [3.05, 3.63) is 18.0 Å². The predicted molar refractivity (Wildman–Crippen MR) is 52.8 cm³/mol. The van der Waals surface area contributed by atoms with Crippen molar-refractivity contribution >= 4 is 5.69 Å². The molecule has 0 N–H and O–H groups in total. The summed E-state index contributed by atoms with van der Waals surface area (Å²) in [5.41, 5.74) is 2.43. The van der Waals surface area contributed by atoms with Gasteiger partial charge >= 0.3 is 0 Å². The van der Waals surface area contributed by atoms with Gasteiger partial charge < -0.3 is 4.90 Å². The van der Waals surface area contributed by atoms with Gasteiger partial charge in [0.15, 0.2) is 0 Å². The van der Waals surface area contributed by atoms with Crippen molar-refractivity contribution in [2.45, 2.75) is 32.7 Å². The first kappa shape index (κ1) is 8.48. The van der Waals surface area contributed by atoms with E-state index in [-0.39, 0.29) is 0 Å². The number of rotatable bonds is 1. The van der Waals surface area contributed by atoms with Crippen molar-refractivity contribution in [2.24, 2.45) is 0 Å². The molecule has 3 heteroatoms. The van der Waals surface area contributed by atoms with Gasteiger partial charge in [0.25, 0.3) is 0 Å². The van der Waals surface area contributed by atoms with Gasteiger partial charge in [0.2, 0.25) is 0 Å². The molecule has 0 radical (unpaired) electrons. The second kappa shape index (κ2) is 3.32. The van der Waals surface area contributed by atoms with Crippen LogP contribution in [0.1, 0.15) is 26.0 Å². The van der Waals surface area contributed by atoms with E-state index in [1.54, 1.807) is 6.20 Å². The maximum atomic E-state index is 4.16. The summed E-state index contributed by atoms with van der Waals surface area (Å²) in [6.07, 6.45) is 4.05. The number of nitrogens with zero attached hydrogens (tertiary/aromatic N) is 3. The van der Waals surface area contributed by atoms with E-state index in [1.165, 1.54) is 12.1 Å². The zero-order chi connectivity index (χ0) is 9.26. The molecule has 0 atom stereocenters.